The van der Waals surface area contributed by atoms with Gasteiger partial charge in [0, 0.05) is 25.4 Å². The van der Waals surface area contributed by atoms with Gasteiger partial charge in [0.05, 0.1) is 11.6 Å². The summed E-state index contributed by atoms with van der Waals surface area (Å²) in [6.07, 6.45) is -6.69. The fraction of sp³-hybridized carbons (Fsp3) is 0.364. The summed E-state index contributed by atoms with van der Waals surface area (Å²) in [5.41, 5.74) is -2.34. The van der Waals surface area contributed by atoms with Crippen molar-refractivity contribution in [2.45, 2.75) is 37.8 Å². The second kappa shape index (κ2) is 9.83. The van der Waals surface area contributed by atoms with E-state index in [2.05, 4.69) is 15.3 Å². The SMILES string of the molecule is CCC(NC(=O)c1cn(-c2ncc(F)cc2F)c2nc(N3CCNC3O)ccc2c1=O)C(F)(F)C(F)(F)F. The minimum Gasteiger partial charge on any atom is -0.361 e. The predicted octanol–water partition coefficient (Wildman–Crippen LogP) is 2.45. The van der Waals surface area contributed by atoms with Gasteiger partial charge in [0.25, 0.3) is 5.91 Å². The summed E-state index contributed by atoms with van der Waals surface area (Å²) in [7, 11) is 0. The van der Waals surface area contributed by atoms with Crippen LogP contribution in [0.2, 0.25) is 0 Å². The topological polar surface area (TPSA) is 112 Å². The van der Waals surface area contributed by atoms with Gasteiger partial charge in [0.2, 0.25) is 5.43 Å². The fourth-order valence-corrected chi connectivity index (χ4v) is 3.93. The molecular weight excluding hydrogens is 529 g/mol. The number of alkyl halides is 5. The summed E-state index contributed by atoms with van der Waals surface area (Å²) in [6, 6.07) is 0.166. The van der Waals surface area contributed by atoms with E-state index in [-0.39, 0.29) is 16.9 Å². The summed E-state index contributed by atoms with van der Waals surface area (Å²) < 4.78 is 95.5. The van der Waals surface area contributed by atoms with Gasteiger partial charge in [-0.1, -0.05) is 6.92 Å². The van der Waals surface area contributed by atoms with Crippen molar-refractivity contribution < 1.29 is 40.6 Å². The molecule has 4 heterocycles. The van der Waals surface area contributed by atoms with Gasteiger partial charge in [0.1, 0.15) is 23.2 Å². The fourth-order valence-electron chi connectivity index (χ4n) is 3.93. The number of aromatic nitrogens is 3. The highest BCUT2D eigenvalue weighted by atomic mass is 19.4. The second-order valence-electron chi connectivity index (χ2n) is 8.32. The maximum Gasteiger partial charge on any atom is 0.455 e. The van der Waals surface area contributed by atoms with Crippen LogP contribution in [-0.2, 0) is 0 Å². The Morgan fingerprint density at radius 2 is 1.97 bits per heavy atom. The van der Waals surface area contributed by atoms with Crippen LogP contribution in [0.5, 0.6) is 0 Å². The average Bonchev–Trinajstić information content (AvgIpc) is 3.27. The molecule has 0 bridgehead atoms. The zero-order chi connectivity index (χ0) is 28.0. The Kier molecular flexibility index (Phi) is 7.05. The van der Waals surface area contributed by atoms with E-state index < -0.39 is 65.3 Å². The number of nitrogens with zero attached hydrogens (tertiary/aromatic N) is 4. The lowest BCUT2D eigenvalue weighted by molar-refractivity contribution is -0.292. The van der Waals surface area contributed by atoms with Crippen LogP contribution in [0, 0.1) is 11.6 Å². The molecule has 0 radical (unpaired) electrons. The number of hydrogen-bond acceptors (Lipinski definition) is 7. The predicted molar refractivity (Wildman–Crippen MR) is 119 cm³/mol. The van der Waals surface area contributed by atoms with Crippen LogP contribution in [0.1, 0.15) is 23.7 Å². The molecule has 0 aliphatic carbocycles. The van der Waals surface area contributed by atoms with Gasteiger partial charge in [-0.05, 0) is 18.6 Å². The van der Waals surface area contributed by atoms with Gasteiger partial charge in [-0.3, -0.25) is 19.5 Å². The lowest BCUT2D eigenvalue weighted by Crippen LogP contribution is -2.55. The van der Waals surface area contributed by atoms with Crippen molar-refractivity contribution in [2.24, 2.45) is 0 Å². The number of hydrogen-bond donors (Lipinski definition) is 3. The quantitative estimate of drug-likeness (QED) is 0.406. The van der Waals surface area contributed by atoms with Crippen LogP contribution in [0.4, 0.5) is 36.6 Å². The van der Waals surface area contributed by atoms with Gasteiger partial charge < -0.3 is 15.3 Å². The molecule has 2 atom stereocenters. The molecule has 1 saturated heterocycles. The van der Waals surface area contributed by atoms with Crippen molar-refractivity contribution >= 4 is 22.8 Å². The summed E-state index contributed by atoms with van der Waals surface area (Å²) in [5.74, 6) is -9.77. The molecule has 0 aromatic carbocycles. The van der Waals surface area contributed by atoms with E-state index >= 15 is 0 Å². The molecule has 3 aromatic heterocycles. The van der Waals surface area contributed by atoms with E-state index in [4.69, 9.17) is 0 Å². The maximum atomic E-state index is 14.7. The Morgan fingerprint density at radius 1 is 1.26 bits per heavy atom. The molecule has 0 saturated carbocycles. The molecule has 0 spiro atoms. The lowest BCUT2D eigenvalue weighted by atomic mass is 10.1. The number of fused-ring (bicyclic) bond motifs is 1. The molecule has 1 aliphatic heterocycles. The van der Waals surface area contributed by atoms with E-state index in [1.807, 2.05) is 0 Å². The highest BCUT2D eigenvalue weighted by Gasteiger charge is 2.62. The van der Waals surface area contributed by atoms with Crippen molar-refractivity contribution in [3.8, 4) is 5.82 Å². The Labute approximate surface area is 208 Å². The van der Waals surface area contributed by atoms with Crippen LogP contribution >= 0.6 is 0 Å². The number of aliphatic hydroxyl groups is 1. The van der Waals surface area contributed by atoms with Crippen molar-refractivity contribution in [1.82, 2.24) is 25.2 Å². The third-order valence-corrected chi connectivity index (χ3v) is 5.90. The number of anilines is 1. The summed E-state index contributed by atoms with van der Waals surface area (Å²) in [6.45, 7) is 1.65. The largest absolute Gasteiger partial charge is 0.455 e. The van der Waals surface area contributed by atoms with Crippen LogP contribution in [0.15, 0.2) is 35.4 Å². The Bertz CT molecular complexity index is 1450. The third-order valence-electron chi connectivity index (χ3n) is 5.90. The van der Waals surface area contributed by atoms with Crippen molar-refractivity contribution in [1.29, 1.82) is 0 Å². The van der Waals surface area contributed by atoms with E-state index in [0.29, 0.717) is 31.5 Å². The number of halogens is 7. The minimum absolute atomic E-state index is 0.110. The molecule has 1 aliphatic rings. The van der Waals surface area contributed by atoms with E-state index in [9.17, 15) is 45.4 Å². The second-order valence-corrected chi connectivity index (χ2v) is 8.32. The first-order valence-corrected chi connectivity index (χ1v) is 11.1. The van der Waals surface area contributed by atoms with Crippen LogP contribution < -0.4 is 21.0 Å². The molecule has 204 valence electrons. The van der Waals surface area contributed by atoms with E-state index in [1.165, 1.54) is 16.3 Å². The molecular formula is C22H19F7N6O3. The monoisotopic (exact) mass is 548 g/mol. The van der Waals surface area contributed by atoms with Gasteiger partial charge in [-0.2, -0.15) is 22.0 Å². The first-order valence-electron chi connectivity index (χ1n) is 11.1. The first kappa shape index (κ1) is 27.3. The molecule has 16 heteroatoms. The van der Waals surface area contributed by atoms with Gasteiger partial charge in [0.15, 0.2) is 23.6 Å². The zero-order valence-corrected chi connectivity index (χ0v) is 19.4. The smallest absolute Gasteiger partial charge is 0.361 e. The third kappa shape index (κ3) is 4.76. The van der Waals surface area contributed by atoms with Gasteiger partial charge in [-0.25, -0.2) is 18.7 Å². The molecule has 1 amide bonds. The van der Waals surface area contributed by atoms with Crippen molar-refractivity contribution in [2.75, 3.05) is 18.0 Å². The number of carbonyl (C=O) groups excluding carboxylic acids is 1. The highest BCUT2D eigenvalue weighted by molar-refractivity contribution is 5.97. The van der Waals surface area contributed by atoms with Crippen molar-refractivity contribution in [3.05, 3.63) is 58.0 Å². The molecule has 2 unspecified atom stereocenters. The minimum atomic E-state index is -5.99. The Hall–Kier alpha value is -3.79. The molecule has 1 fully saturated rings. The van der Waals surface area contributed by atoms with Gasteiger partial charge in [-0.15, -0.1) is 0 Å². The van der Waals surface area contributed by atoms with Gasteiger partial charge >= 0.3 is 12.1 Å². The standard InChI is InChI=1S/C22H19F7N6O3/c1-2-14(21(25,26)22(27,28)29)32-19(37)12-9-35(18-13(24)7-10(23)8-31-18)17-11(16(12)36)3-4-15(33-17)34-6-5-30-20(34)38/h3-4,7-9,14,20,30,38H,2,5-6H2,1H3,(H,32,37). The molecule has 9 nitrogen and oxygen atoms in total. The summed E-state index contributed by atoms with van der Waals surface area (Å²) in [4.78, 5) is 35.2. The van der Waals surface area contributed by atoms with Crippen molar-refractivity contribution in [3.63, 3.8) is 0 Å². The van der Waals surface area contributed by atoms with Crippen LogP contribution in [-0.4, -0.2) is 63.1 Å². The number of rotatable bonds is 6. The maximum absolute atomic E-state index is 14.7. The molecule has 3 aromatic rings. The number of amides is 1. The highest BCUT2D eigenvalue weighted by Crippen LogP contribution is 2.39. The Morgan fingerprint density at radius 3 is 2.55 bits per heavy atom. The molecule has 4 rings (SSSR count). The lowest BCUT2D eigenvalue weighted by Gasteiger charge is -2.28. The number of pyridine rings is 3. The first-order chi connectivity index (χ1) is 17.8. The summed E-state index contributed by atoms with van der Waals surface area (Å²) in [5, 5.41) is 14.0. The molecule has 38 heavy (non-hydrogen) atoms. The normalized spacial score (nSPS) is 17.2. The molecule has 3 N–H and O–H groups in total. The average molecular weight is 548 g/mol. The Balaban J connectivity index is 1.89. The van der Waals surface area contributed by atoms with E-state index in [0.717, 1.165) is 17.6 Å². The van der Waals surface area contributed by atoms with Crippen LogP contribution in [0.3, 0.4) is 0 Å². The zero-order valence-electron chi connectivity index (χ0n) is 19.4. The number of nitrogens with one attached hydrogen (secondary N) is 2. The number of carbonyl (C=O) groups is 1. The number of aliphatic hydroxyl groups excluding tert-OH is 1. The summed E-state index contributed by atoms with van der Waals surface area (Å²) >= 11 is 0. The van der Waals surface area contributed by atoms with E-state index in [1.54, 1.807) is 0 Å². The van der Waals surface area contributed by atoms with Crippen LogP contribution in [0.25, 0.3) is 16.9 Å².